The highest BCUT2D eigenvalue weighted by atomic mass is 16.5. The summed E-state index contributed by atoms with van der Waals surface area (Å²) in [6.07, 6.45) is 6.92. The van der Waals surface area contributed by atoms with Gasteiger partial charge in [-0.05, 0) is 13.8 Å². The van der Waals surface area contributed by atoms with E-state index in [9.17, 15) is 4.79 Å². The van der Waals surface area contributed by atoms with Crippen molar-refractivity contribution in [2.45, 2.75) is 20.4 Å². The summed E-state index contributed by atoms with van der Waals surface area (Å²) in [5.74, 6) is 0.954. The van der Waals surface area contributed by atoms with Crippen LogP contribution in [0.25, 0.3) is 5.65 Å². The first-order valence-electron chi connectivity index (χ1n) is 9.93. The van der Waals surface area contributed by atoms with Gasteiger partial charge < -0.3 is 23.7 Å². The molecular weight excluding hydrogens is 386 g/mol. The summed E-state index contributed by atoms with van der Waals surface area (Å²) in [6.45, 7) is 7.56. The first kappa shape index (κ1) is 20.0. The number of hydrogen-bond acceptors (Lipinski definition) is 9. The van der Waals surface area contributed by atoms with Crippen LogP contribution in [0.5, 0.6) is 0 Å². The van der Waals surface area contributed by atoms with E-state index >= 15 is 0 Å². The number of carbonyl (C=O) groups excluding carboxylic acids is 1. The Morgan fingerprint density at radius 1 is 1.20 bits per heavy atom. The third-order valence-electron chi connectivity index (χ3n) is 4.79. The zero-order valence-corrected chi connectivity index (χ0v) is 17.4. The van der Waals surface area contributed by atoms with Gasteiger partial charge in [-0.1, -0.05) is 0 Å². The molecule has 4 heterocycles. The van der Waals surface area contributed by atoms with Crippen LogP contribution in [0.3, 0.4) is 0 Å². The zero-order valence-electron chi connectivity index (χ0n) is 17.4. The molecule has 1 fully saturated rings. The van der Waals surface area contributed by atoms with Crippen LogP contribution in [0, 0.1) is 6.92 Å². The van der Waals surface area contributed by atoms with Gasteiger partial charge in [0, 0.05) is 44.9 Å². The summed E-state index contributed by atoms with van der Waals surface area (Å²) >= 11 is 0. The molecule has 0 saturated carbocycles. The fourth-order valence-electron chi connectivity index (χ4n) is 3.37. The smallest absolute Gasteiger partial charge is 0.341 e. The summed E-state index contributed by atoms with van der Waals surface area (Å²) in [5.41, 5.74) is 2.96. The third kappa shape index (κ3) is 4.18. The maximum Gasteiger partial charge on any atom is 0.341 e. The van der Waals surface area contributed by atoms with Crippen LogP contribution in [0.4, 0.5) is 11.8 Å². The molecule has 0 unspecified atom stereocenters. The Balaban J connectivity index is 1.54. The Morgan fingerprint density at radius 3 is 2.63 bits per heavy atom. The lowest BCUT2D eigenvalue weighted by Crippen LogP contribution is -2.37. The van der Waals surface area contributed by atoms with Crippen molar-refractivity contribution >= 4 is 23.4 Å². The van der Waals surface area contributed by atoms with E-state index in [1.165, 1.54) is 12.4 Å². The largest absolute Gasteiger partial charge is 0.462 e. The maximum absolute atomic E-state index is 11.8. The van der Waals surface area contributed by atoms with E-state index in [2.05, 4.69) is 14.9 Å². The standard InChI is InChI=1S/C20H25N7O3/c1-4-30-19(28)15-9-21-20(22-10-15)25(3)12-16-13-27-11-14(2)23-17(18(27)24-16)26-5-7-29-8-6-26/h9-11,13H,4-8,12H2,1-3H3. The van der Waals surface area contributed by atoms with Crippen molar-refractivity contribution in [2.24, 2.45) is 0 Å². The number of hydrogen-bond donors (Lipinski definition) is 0. The van der Waals surface area contributed by atoms with Gasteiger partial charge in [0.1, 0.15) is 0 Å². The van der Waals surface area contributed by atoms with Gasteiger partial charge in [-0.2, -0.15) is 0 Å². The molecule has 10 nitrogen and oxygen atoms in total. The Kier molecular flexibility index (Phi) is 5.75. The molecule has 0 spiro atoms. The molecule has 30 heavy (non-hydrogen) atoms. The van der Waals surface area contributed by atoms with Crippen LogP contribution in [0.2, 0.25) is 0 Å². The summed E-state index contributed by atoms with van der Waals surface area (Å²) < 4.78 is 12.4. The predicted octanol–water partition coefficient (Wildman–Crippen LogP) is 1.48. The SMILES string of the molecule is CCOC(=O)c1cnc(N(C)Cc2cn3cc(C)nc(N4CCOCC4)c3n2)nc1. The average molecular weight is 411 g/mol. The molecular formula is C20H25N7O3. The second-order valence-electron chi connectivity index (χ2n) is 7.12. The van der Waals surface area contributed by atoms with Crippen molar-refractivity contribution in [3.05, 3.63) is 41.7 Å². The van der Waals surface area contributed by atoms with Crippen molar-refractivity contribution in [1.29, 1.82) is 0 Å². The van der Waals surface area contributed by atoms with E-state index in [-0.39, 0.29) is 0 Å². The van der Waals surface area contributed by atoms with Crippen molar-refractivity contribution in [1.82, 2.24) is 24.3 Å². The number of morpholine rings is 1. The van der Waals surface area contributed by atoms with E-state index in [0.717, 1.165) is 35.9 Å². The van der Waals surface area contributed by atoms with E-state index < -0.39 is 5.97 Å². The highest BCUT2D eigenvalue weighted by Gasteiger charge is 2.19. The molecule has 3 aromatic rings. The topological polar surface area (TPSA) is 98.0 Å². The molecule has 0 aliphatic carbocycles. The Labute approximate surface area is 174 Å². The third-order valence-corrected chi connectivity index (χ3v) is 4.79. The number of carbonyl (C=O) groups is 1. The number of fused-ring (bicyclic) bond motifs is 1. The van der Waals surface area contributed by atoms with Crippen LogP contribution in [-0.4, -0.2) is 70.3 Å². The molecule has 158 valence electrons. The number of ether oxygens (including phenoxy) is 2. The van der Waals surface area contributed by atoms with Gasteiger partial charge in [0.05, 0.1) is 43.3 Å². The Bertz CT molecular complexity index is 1030. The molecule has 10 heteroatoms. The van der Waals surface area contributed by atoms with Gasteiger partial charge in [-0.3, -0.25) is 0 Å². The van der Waals surface area contributed by atoms with E-state index in [4.69, 9.17) is 19.4 Å². The summed E-state index contributed by atoms with van der Waals surface area (Å²) in [7, 11) is 1.88. The lowest BCUT2D eigenvalue weighted by molar-refractivity contribution is 0.0525. The molecule has 1 aliphatic heterocycles. The number of esters is 1. The highest BCUT2D eigenvalue weighted by Crippen LogP contribution is 2.21. The van der Waals surface area contributed by atoms with Gasteiger partial charge in [-0.15, -0.1) is 0 Å². The maximum atomic E-state index is 11.8. The van der Waals surface area contributed by atoms with Gasteiger partial charge >= 0.3 is 5.97 Å². The lowest BCUT2D eigenvalue weighted by Gasteiger charge is -2.28. The molecule has 0 radical (unpaired) electrons. The minimum atomic E-state index is -0.425. The summed E-state index contributed by atoms with van der Waals surface area (Å²) in [6, 6.07) is 0. The van der Waals surface area contributed by atoms with Gasteiger partial charge in [0.25, 0.3) is 0 Å². The Hall–Kier alpha value is -3.27. The molecule has 0 bridgehead atoms. The molecule has 0 N–H and O–H groups in total. The average Bonchev–Trinajstić information content (AvgIpc) is 3.16. The minimum absolute atomic E-state index is 0.315. The van der Waals surface area contributed by atoms with Crippen molar-refractivity contribution in [3.8, 4) is 0 Å². The summed E-state index contributed by atoms with van der Waals surface area (Å²) in [5, 5.41) is 0. The van der Waals surface area contributed by atoms with Crippen molar-refractivity contribution in [2.75, 3.05) is 49.8 Å². The monoisotopic (exact) mass is 411 g/mol. The summed E-state index contributed by atoms with van der Waals surface area (Å²) in [4.78, 5) is 33.9. The molecule has 0 aromatic carbocycles. The van der Waals surface area contributed by atoms with Crippen molar-refractivity contribution in [3.63, 3.8) is 0 Å². The molecule has 0 amide bonds. The molecule has 0 atom stereocenters. The molecule has 1 saturated heterocycles. The highest BCUT2D eigenvalue weighted by molar-refractivity contribution is 5.88. The first-order chi connectivity index (χ1) is 14.5. The molecule has 3 aromatic heterocycles. The minimum Gasteiger partial charge on any atom is -0.462 e. The van der Waals surface area contributed by atoms with Crippen LogP contribution >= 0.6 is 0 Å². The number of imidazole rings is 1. The predicted molar refractivity (Wildman–Crippen MR) is 111 cm³/mol. The quantitative estimate of drug-likeness (QED) is 0.559. The normalized spacial score (nSPS) is 14.2. The fraction of sp³-hybridized carbons (Fsp3) is 0.450. The zero-order chi connectivity index (χ0) is 21.1. The van der Waals surface area contributed by atoms with Crippen LogP contribution in [-0.2, 0) is 16.0 Å². The Morgan fingerprint density at radius 2 is 1.93 bits per heavy atom. The van der Waals surface area contributed by atoms with Crippen molar-refractivity contribution < 1.29 is 14.3 Å². The van der Waals surface area contributed by atoms with Gasteiger partial charge in [0.15, 0.2) is 11.5 Å². The second-order valence-corrected chi connectivity index (χ2v) is 7.12. The van der Waals surface area contributed by atoms with E-state index in [0.29, 0.717) is 37.9 Å². The number of nitrogens with zero attached hydrogens (tertiary/aromatic N) is 7. The number of anilines is 2. The van der Waals surface area contributed by atoms with Gasteiger partial charge in [-0.25, -0.2) is 24.7 Å². The first-order valence-corrected chi connectivity index (χ1v) is 9.93. The fourth-order valence-corrected chi connectivity index (χ4v) is 3.37. The number of aromatic nitrogens is 5. The number of rotatable bonds is 6. The van der Waals surface area contributed by atoms with Crippen LogP contribution in [0.1, 0.15) is 28.7 Å². The molecule has 1 aliphatic rings. The van der Waals surface area contributed by atoms with Crippen LogP contribution < -0.4 is 9.80 Å². The number of aryl methyl sites for hydroxylation is 1. The lowest BCUT2D eigenvalue weighted by atomic mass is 10.3. The van der Waals surface area contributed by atoms with E-state index in [1.807, 2.05) is 35.7 Å². The second kappa shape index (κ2) is 8.62. The van der Waals surface area contributed by atoms with Crippen LogP contribution in [0.15, 0.2) is 24.8 Å². The molecule has 4 rings (SSSR count). The van der Waals surface area contributed by atoms with Gasteiger partial charge in [0.2, 0.25) is 5.95 Å². The van der Waals surface area contributed by atoms with E-state index in [1.54, 1.807) is 6.92 Å².